The van der Waals surface area contributed by atoms with Crippen LogP contribution in [0.1, 0.15) is 47.5 Å². The third-order valence-electron chi connectivity index (χ3n) is 3.88. The average Bonchev–Trinajstić information content (AvgIpc) is 2.53. The lowest BCUT2D eigenvalue weighted by Crippen LogP contribution is -2.46. The smallest absolute Gasteiger partial charge is 0.0107 e. The van der Waals surface area contributed by atoms with Crippen LogP contribution in [0.2, 0.25) is 0 Å². The Morgan fingerprint density at radius 2 is 1.37 bits per heavy atom. The van der Waals surface area contributed by atoms with Crippen molar-refractivity contribution in [3.05, 3.63) is 0 Å². The maximum Gasteiger partial charge on any atom is 0.0107 e. The molecule has 0 bridgehead atoms. The highest BCUT2D eigenvalue weighted by Crippen LogP contribution is 2.18. The summed E-state index contributed by atoms with van der Waals surface area (Å²) in [5.41, 5.74) is 0. The zero-order chi connectivity index (χ0) is 14.5. The van der Waals surface area contributed by atoms with E-state index >= 15 is 0 Å². The molecule has 3 nitrogen and oxygen atoms in total. The first-order valence-electron chi connectivity index (χ1n) is 8.54. The molecule has 0 amide bonds. The van der Waals surface area contributed by atoms with Gasteiger partial charge in [-0.3, -0.25) is 0 Å². The van der Waals surface area contributed by atoms with Crippen LogP contribution >= 0.6 is 0 Å². The molecular formula is C16H37N3. The van der Waals surface area contributed by atoms with Crippen LogP contribution in [0.15, 0.2) is 0 Å². The highest BCUT2D eigenvalue weighted by Gasteiger charge is 2.21. The molecule has 0 radical (unpaired) electrons. The Morgan fingerprint density at radius 1 is 0.842 bits per heavy atom. The average molecular weight is 271 g/mol. The van der Waals surface area contributed by atoms with Crippen molar-refractivity contribution >= 4 is 0 Å². The minimum absolute atomic E-state index is 0.964. The molecule has 2 aliphatic heterocycles. The van der Waals surface area contributed by atoms with Crippen molar-refractivity contribution in [1.82, 2.24) is 15.1 Å². The quantitative estimate of drug-likeness (QED) is 0.851. The molecule has 3 heteroatoms. The number of hydrogen-bond donors (Lipinski definition) is 1. The molecule has 2 fully saturated rings. The van der Waals surface area contributed by atoms with Crippen LogP contribution in [0, 0.1) is 5.92 Å². The third-order valence-corrected chi connectivity index (χ3v) is 3.88. The molecule has 0 aliphatic carbocycles. The fourth-order valence-corrected chi connectivity index (χ4v) is 2.74. The van der Waals surface area contributed by atoms with Gasteiger partial charge in [-0.2, -0.15) is 0 Å². The molecule has 2 rings (SSSR count). The minimum atomic E-state index is 0.964. The molecular weight excluding hydrogens is 234 g/mol. The van der Waals surface area contributed by atoms with E-state index in [1.54, 1.807) is 0 Å². The summed E-state index contributed by atoms with van der Waals surface area (Å²) in [6, 6.07) is 0. The van der Waals surface area contributed by atoms with Gasteiger partial charge >= 0.3 is 0 Å². The van der Waals surface area contributed by atoms with Crippen molar-refractivity contribution in [1.29, 1.82) is 0 Å². The Hall–Kier alpha value is -0.120. The Morgan fingerprint density at radius 3 is 1.84 bits per heavy atom. The molecule has 0 saturated carbocycles. The van der Waals surface area contributed by atoms with E-state index in [1.165, 1.54) is 65.2 Å². The predicted octanol–water partition coefficient (Wildman–Crippen LogP) is 2.68. The van der Waals surface area contributed by atoms with E-state index in [2.05, 4.69) is 22.0 Å². The molecule has 0 atom stereocenters. The molecule has 0 aromatic carbocycles. The summed E-state index contributed by atoms with van der Waals surface area (Å²) in [6.07, 6.45) is 2.83. The lowest BCUT2D eigenvalue weighted by molar-refractivity contribution is 0.139. The number of hydrogen-bond acceptors (Lipinski definition) is 3. The van der Waals surface area contributed by atoms with Gasteiger partial charge in [-0.05, 0) is 38.4 Å². The second kappa shape index (κ2) is 12.9. The molecule has 19 heavy (non-hydrogen) atoms. The van der Waals surface area contributed by atoms with E-state index in [4.69, 9.17) is 0 Å². The molecule has 0 unspecified atom stereocenters. The standard InChI is InChI=1S/C12H25N3.2C2H6/c1-2-14-7-3-12(4-8-14)11-15-9-5-13-6-10-15;2*1-2/h12-13H,2-11H2,1H3;2*1-2H3. The van der Waals surface area contributed by atoms with Gasteiger partial charge in [0, 0.05) is 32.7 Å². The van der Waals surface area contributed by atoms with Gasteiger partial charge < -0.3 is 15.1 Å². The molecule has 2 aliphatic rings. The summed E-state index contributed by atoms with van der Waals surface area (Å²) >= 11 is 0. The van der Waals surface area contributed by atoms with Crippen molar-refractivity contribution in [3.63, 3.8) is 0 Å². The lowest BCUT2D eigenvalue weighted by atomic mass is 9.96. The van der Waals surface area contributed by atoms with E-state index in [1.807, 2.05) is 27.7 Å². The van der Waals surface area contributed by atoms with E-state index in [0.717, 1.165) is 5.92 Å². The maximum absolute atomic E-state index is 3.42. The topological polar surface area (TPSA) is 18.5 Å². The van der Waals surface area contributed by atoms with Gasteiger partial charge in [0.05, 0.1) is 0 Å². The Balaban J connectivity index is 0.000000741. The summed E-state index contributed by atoms with van der Waals surface area (Å²) in [6.45, 7) is 20.4. The molecule has 0 aromatic rings. The molecule has 116 valence electrons. The highest BCUT2D eigenvalue weighted by atomic mass is 15.2. The van der Waals surface area contributed by atoms with E-state index < -0.39 is 0 Å². The van der Waals surface area contributed by atoms with Gasteiger partial charge in [0.1, 0.15) is 0 Å². The first-order valence-corrected chi connectivity index (χ1v) is 8.54. The van der Waals surface area contributed by atoms with Crippen LogP contribution in [-0.4, -0.2) is 62.2 Å². The second-order valence-corrected chi connectivity index (χ2v) is 4.93. The third kappa shape index (κ3) is 7.91. The molecule has 1 N–H and O–H groups in total. The number of piperidine rings is 1. The van der Waals surface area contributed by atoms with Crippen LogP contribution in [-0.2, 0) is 0 Å². The van der Waals surface area contributed by atoms with Crippen LogP contribution in [0.25, 0.3) is 0 Å². The zero-order valence-electron chi connectivity index (χ0n) is 14.0. The van der Waals surface area contributed by atoms with E-state index in [0.29, 0.717) is 0 Å². The number of piperazine rings is 1. The van der Waals surface area contributed by atoms with Gasteiger partial charge in [-0.15, -0.1) is 0 Å². The Bertz CT molecular complexity index is 171. The van der Waals surface area contributed by atoms with Crippen molar-refractivity contribution in [2.75, 3.05) is 52.4 Å². The summed E-state index contributed by atoms with van der Waals surface area (Å²) < 4.78 is 0. The summed E-state index contributed by atoms with van der Waals surface area (Å²) in [7, 11) is 0. The number of nitrogens with one attached hydrogen (secondary N) is 1. The highest BCUT2D eigenvalue weighted by molar-refractivity contribution is 4.76. The summed E-state index contributed by atoms with van der Waals surface area (Å²) in [4.78, 5) is 5.22. The van der Waals surface area contributed by atoms with Crippen LogP contribution in [0.4, 0.5) is 0 Å². The normalized spacial score (nSPS) is 21.9. The fraction of sp³-hybridized carbons (Fsp3) is 1.00. The van der Waals surface area contributed by atoms with Crippen molar-refractivity contribution in [2.24, 2.45) is 5.92 Å². The van der Waals surface area contributed by atoms with Crippen molar-refractivity contribution in [2.45, 2.75) is 47.5 Å². The lowest BCUT2D eigenvalue weighted by Gasteiger charge is -2.35. The van der Waals surface area contributed by atoms with Crippen LogP contribution < -0.4 is 5.32 Å². The first kappa shape index (κ1) is 18.9. The molecule has 0 spiro atoms. The van der Waals surface area contributed by atoms with Gasteiger partial charge in [0.2, 0.25) is 0 Å². The number of nitrogens with zero attached hydrogens (tertiary/aromatic N) is 2. The molecule has 2 heterocycles. The summed E-state index contributed by atoms with van der Waals surface area (Å²) in [5.74, 6) is 0.964. The molecule has 2 saturated heterocycles. The largest absolute Gasteiger partial charge is 0.314 e. The monoisotopic (exact) mass is 271 g/mol. The Kier molecular flexibility index (Phi) is 12.8. The van der Waals surface area contributed by atoms with E-state index in [-0.39, 0.29) is 0 Å². The van der Waals surface area contributed by atoms with Crippen LogP contribution in [0.3, 0.4) is 0 Å². The fourth-order valence-electron chi connectivity index (χ4n) is 2.74. The maximum atomic E-state index is 3.42. The number of likely N-dealkylation sites (tertiary alicyclic amines) is 1. The van der Waals surface area contributed by atoms with Gasteiger partial charge in [-0.25, -0.2) is 0 Å². The van der Waals surface area contributed by atoms with E-state index in [9.17, 15) is 0 Å². The minimum Gasteiger partial charge on any atom is -0.314 e. The second-order valence-electron chi connectivity index (χ2n) is 4.93. The SMILES string of the molecule is CC.CC.CCN1CCC(CN2CCNCC2)CC1. The van der Waals surface area contributed by atoms with Gasteiger partial charge in [0.25, 0.3) is 0 Å². The first-order chi connectivity index (χ1) is 9.38. The Labute approximate surface area is 121 Å². The predicted molar refractivity (Wildman–Crippen MR) is 86.8 cm³/mol. The summed E-state index contributed by atoms with van der Waals surface area (Å²) in [5, 5.41) is 3.42. The zero-order valence-corrected chi connectivity index (χ0v) is 14.0. The van der Waals surface area contributed by atoms with Crippen molar-refractivity contribution < 1.29 is 0 Å². The number of rotatable bonds is 3. The van der Waals surface area contributed by atoms with Crippen LogP contribution in [0.5, 0.6) is 0 Å². The van der Waals surface area contributed by atoms with Crippen molar-refractivity contribution in [3.8, 4) is 0 Å². The molecule has 0 aromatic heterocycles. The van der Waals surface area contributed by atoms with Gasteiger partial charge in [-0.1, -0.05) is 34.6 Å². The van der Waals surface area contributed by atoms with Gasteiger partial charge in [0.15, 0.2) is 0 Å².